The van der Waals surface area contributed by atoms with Crippen LogP contribution in [0.3, 0.4) is 0 Å². The van der Waals surface area contributed by atoms with Crippen molar-refractivity contribution in [2.75, 3.05) is 13.7 Å². The van der Waals surface area contributed by atoms with E-state index in [-0.39, 0.29) is 5.97 Å². The van der Waals surface area contributed by atoms with Gasteiger partial charge in [0.15, 0.2) is 0 Å². The molecule has 0 radical (unpaired) electrons. The summed E-state index contributed by atoms with van der Waals surface area (Å²) in [5, 5.41) is 3.20. The SMILES string of the molecule is COC(=O)C(NCCn1ccnc1)c1ccccc1. The standard InChI is InChI=1S/C14H17N3O2/c1-19-14(18)13(12-5-3-2-4-6-12)16-8-10-17-9-7-15-11-17/h2-7,9,11,13,16H,8,10H2,1H3. The molecule has 0 fully saturated rings. The minimum atomic E-state index is -0.435. The lowest BCUT2D eigenvalue weighted by atomic mass is 10.1. The van der Waals surface area contributed by atoms with Gasteiger partial charge in [0.2, 0.25) is 0 Å². The van der Waals surface area contributed by atoms with Gasteiger partial charge in [0.05, 0.1) is 13.4 Å². The van der Waals surface area contributed by atoms with E-state index in [4.69, 9.17) is 4.74 Å². The molecule has 0 aliphatic heterocycles. The topological polar surface area (TPSA) is 56.1 Å². The van der Waals surface area contributed by atoms with Crippen LogP contribution >= 0.6 is 0 Å². The normalized spacial score (nSPS) is 12.1. The number of hydrogen-bond donors (Lipinski definition) is 1. The maximum Gasteiger partial charge on any atom is 0.327 e. The highest BCUT2D eigenvalue weighted by molar-refractivity contribution is 5.77. The number of carbonyl (C=O) groups excluding carboxylic acids is 1. The summed E-state index contributed by atoms with van der Waals surface area (Å²) in [7, 11) is 1.40. The molecule has 0 bridgehead atoms. The third kappa shape index (κ3) is 3.66. The minimum absolute atomic E-state index is 0.281. The van der Waals surface area contributed by atoms with Gasteiger partial charge in [-0.15, -0.1) is 0 Å². The molecule has 100 valence electrons. The molecule has 5 nitrogen and oxygen atoms in total. The molecule has 0 amide bonds. The molecule has 2 rings (SSSR count). The van der Waals surface area contributed by atoms with Crippen LogP contribution in [0.2, 0.25) is 0 Å². The van der Waals surface area contributed by atoms with Gasteiger partial charge in [0, 0.05) is 25.5 Å². The van der Waals surface area contributed by atoms with Crippen LogP contribution in [-0.2, 0) is 16.1 Å². The number of methoxy groups -OCH3 is 1. The lowest BCUT2D eigenvalue weighted by Gasteiger charge is -2.16. The second-order valence-corrected chi connectivity index (χ2v) is 4.12. The highest BCUT2D eigenvalue weighted by atomic mass is 16.5. The van der Waals surface area contributed by atoms with E-state index in [1.54, 1.807) is 12.5 Å². The molecule has 1 atom stereocenters. The summed E-state index contributed by atoms with van der Waals surface area (Å²) in [5.41, 5.74) is 0.903. The van der Waals surface area contributed by atoms with Gasteiger partial charge in [-0.3, -0.25) is 5.32 Å². The predicted octanol–water partition coefficient (Wildman–Crippen LogP) is 1.39. The predicted molar refractivity (Wildman–Crippen MR) is 71.4 cm³/mol. The van der Waals surface area contributed by atoms with Gasteiger partial charge in [-0.05, 0) is 5.56 Å². The second-order valence-electron chi connectivity index (χ2n) is 4.12. The molecule has 0 spiro atoms. The molecule has 1 unspecified atom stereocenters. The first kappa shape index (κ1) is 13.3. The average molecular weight is 259 g/mol. The van der Waals surface area contributed by atoms with E-state index in [2.05, 4.69) is 10.3 Å². The number of hydrogen-bond acceptors (Lipinski definition) is 4. The Morgan fingerprint density at radius 3 is 2.84 bits per heavy atom. The van der Waals surface area contributed by atoms with Crippen LogP contribution in [0.5, 0.6) is 0 Å². The van der Waals surface area contributed by atoms with Gasteiger partial charge in [0.25, 0.3) is 0 Å². The van der Waals surface area contributed by atoms with Gasteiger partial charge in [-0.25, -0.2) is 9.78 Å². The first-order valence-corrected chi connectivity index (χ1v) is 6.13. The molecule has 19 heavy (non-hydrogen) atoms. The number of ether oxygens (including phenoxy) is 1. The van der Waals surface area contributed by atoms with E-state index < -0.39 is 6.04 Å². The van der Waals surface area contributed by atoms with Crippen LogP contribution < -0.4 is 5.32 Å². The number of esters is 1. The van der Waals surface area contributed by atoms with E-state index in [1.165, 1.54) is 7.11 Å². The van der Waals surface area contributed by atoms with Crippen LogP contribution in [0.25, 0.3) is 0 Å². The monoisotopic (exact) mass is 259 g/mol. The molecule has 5 heteroatoms. The molecule has 0 aliphatic carbocycles. The maximum absolute atomic E-state index is 11.8. The Labute approximate surface area is 112 Å². The summed E-state index contributed by atoms with van der Waals surface area (Å²) in [6.45, 7) is 1.41. The molecule has 2 aromatic rings. The lowest BCUT2D eigenvalue weighted by Crippen LogP contribution is -2.31. The van der Waals surface area contributed by atoms with Gasteiger partial charge >= 0.3 is 5.97 Å². The van der Waals surface area contributed by atoms with Crippen molar-refractivity contribution in [1.82, 2.24) is 14.9 Å². The fourth-order valence-corrected chi connectivity index (χ4v) is 1.86. The van der Waals surface area contributed by atoms with Gasteiger partial charge in [0.1, 0.15) is 6.04 Å². The van der Waals surface area contributed by atoms with Crippen LogP contribution in [-0.4, -0.2) is 29.2 Å². The molecular formula is C14H17N3O2. The van der Waals surface area contributed by atoms with E-state index >= 15 is 0 Å². The molecule has 0 saturated carbocycles. The van der Waals surface area contributed by atoms with E-state index in [0.717, 1.165) is 12.1 Å². The largest absolute Gasteiger partial charge is 0.468 e. The summed E-state index contributed by atoms with van der Waals surface area (Å²) in [4.78, 5) is 15.8. The van der Waals surface area contributed by atoms with Crippen LogP contribution in [0, 0.1) is 0 Å². The van der Waals surface area contributed by atoms with Crippen molar-refractivity contribution < 1.29 is 9.53 Å². The van der Waals surface area contributed by atoms with Gasteiger partial charge in [-0.1, -0.05) is 30.3 Å². The zero-order valence-corrected chi connectivity index (χ0v) is 10.8. The van der Waals surface area contributed by atoms with Crippen molar-refractivity contribution >= 4 is 5.97 Å². The van der Waals surface area contributed by atoms with Crippen molar-refractivity contribution in [3.63, 3.8) is 0 Å². The zero-order chi connectivity index (χ0) is 13.5. The summed E-state index contributed by atoms with van der Waals surface area (Å²) >= 11 is 0. The van der Waals surface area contributed by atoms with E-state index in [0.29, 0.717) is 6.54 Å². The Morgan fingerprint density at radius 2 is 2.21 bits per heavy atom. The molecular weight excluding hydrogens is 242 g/mol. The molecule has 1 heterocycles. The molecule has 1 aromatic heterocycles. The van der Waals surface area contributed by atoms with Crippen molar-refractivity contribution in [1.29, 1.82) is 0 Å². The Kier molecular flexibility index (Phi) is 4.69. The van der Waals surface area contributed by atoms with Crippen molar-refractivity contribution in [2.45, 2.75) is 12.6 Å². The molecule has 1 N–H and O–H groups in total. The smallest absolute Gasteiger partial charge is 0.327 e. The minimum Gasteiger partial charge on any atom is -0.468 e. The van der Waals surface area contributed by atoms with Gasteiger partial charge in [-0.2, -0.15) is 0 Å². The Hall–Kier alpha value is -2.14. The van der Waals surface area contributed by atoms with E-state index in [1.807, 2.05) is 41.1 Å². The number of nitrogens with one attached hydrogen (secondary N) is 1. The molecule has 0 aliphatic rings. The average Bonchev–Trinajstić information content (AvgIpc) is 2.97. The summed E-state index contributed by atoms with van der Waals surface area (Å²) < 4.78 is 6.78. The van der Waals surface area contributed by atoms with Crippen molar-refractivity contribution in [3.05, 3.63) is 54.6 Å². The number of rotatable bonds is 6. The van der Waals surface area contributed by atoms with Crippen LogP contribution in [0.4, 0.5) is 0 Å². The highest BCUT2D eigenvalue weighted by Gasteiger charge is 2.19. The van der Waals surface area contributed by atoms with Crippen LogP contribution in [0.15, 0.2) is 49.1 Å². The first-order valence-electron chi connectivity index (χ1n) is 6.13. The maximum atomic E-state index is 11.8. The molecule has 0 saturated heterocycles. The van der Waals surface area contributed by atoms with E-state index in [9.17, 15) is 4.79 Å². The number of carbonyl (C=O) groups is 1. The number of nitrogens with zero attached hydrogens (tertiary/aromatic N) is 2. The fraction of sp³-hybridized carbons (Fsp3) is 0.286. The van der Waals surface area contributed by atoms with Gasteiger partial charge < -0.3 is 9.30 Å². The number of benzene rings is 1. The van der Waals surface area contributed by atoms with Crippen LogP contribution in [0.1, 0.15) is 11.6 Å². The number of aromatic nitrogens is 2. The first-order chi connectivity index (χ1) is 9.31. The Bertz CT molecular complexity index is 497. The third-order valence-corrected chi connectivity index (χ3v) is 2.85. The fourth-order valence-electron chi connectivity index (χ4n) is 1.86. The Morgan fingerprint density at radius 1 is 1.42 bits per heavy atom. The third-order valence-electron chi connectivity index (χ3n) is 2.85. The van der Waals surface area contributed by atoms with Crippen molar-refractivity contribution in [2.24, 2.45) is 0 Å². The second kappa shape index (κ2) is 6.70. The lowest BCUT2D eigenvalue weighted by molar-refractivity contribution is -0.143. The summed E-state index contributed by atoms with van der Waals surface area (Å²) in [6, 6.07) is 9.11. The highest BCUT2D eigenvalue weighted by Crippen LogP contribution is 2.13. The summed E-state index contributed by atoms with van der Waals surface area (Å²) in [6.07, 6.45) is 5.36. The van der Waals surface area contributed by atoms with Crippen molar-refractivity contribution in [3.8, 4) is 0 Å². The quantitative estimate of drug-likeness (QED) is 0.796. The zero-order valence-electron chi connectivity index (χ0n) is 10.8. The summed E-state index contributed by atoms with van der Waals surface area (Å²) in [5.74, 6) is -0.281. The Balaban J connectivity index is 1.97. The molecule has 1 aromatic carbocycles. The number of imidazole rings is 1.